The van der Waals surface area contributed by atoms with E-state index in [1.165, 1.54) is 5.39 Å². The predicted octanol–water partition coefficient (Wildman–Crippen LogP) is 2.77. The summed E-state index contributed by atoms with van der Waals surface area (Å²) in [5.74, 6) is 0. The largest absolute Gasteiger partial charge is 0.411 e. The van der Waals surface area contributed by atoms with Gasteiger partial charge in [-0.1, -0.05) is 30.3 Å². The van der Waals surface area contributed by atoms with Crippen LogP contribution in [0.2, 0.25) is 0 Å². The topological polar surface area (TPSA) is 37.5 Å². The summed E-state index contributed by atoms with van der Waals surface area (Å²) >= 11 is 0. The molecule has 0 amide bonds. The van der Waals surface area contributed by atoms with Crippen LogP contribution in [0.4, 0.5) is 0 Å². The summed E-state index contributed by atoms with van der Waals surface area (Å²) in [6.45, 7) is 1.98. The molecule has 78 valence electrons. The maximum atomic E-state index is 8.90. The molecule has 0 bridgehead atoms. The Morgan fingerprint density at radius 2 is 2.13 bits per heavy atom. The second-order valence-electron chi connectivity index (χ2n) is 3.55. The van der Waals surface area contributed by atoms with Crippen molar-refractivity contribution in [2.75, 3.05) is 0 Å². The highest BCUT2D eigenvalue weighted by molar-refractivity contribution is 6.02. The molecule has 0 saturated carbocycles. The number of nitrogens with zero attached hydrogens (tertiary/aromatic N) is 2. The third-order valence-electron chi connectivity index (χ3n) is 2.70. The highest BCUT2D eigenvalue weighted by atomic mass is 16.4. The molecular formula is C12H14N2O. The molecular weight excluding hydrogens is 188 g/mol. The van der Waals surface area contributed by atoms with E-state index in [1.54, 1.807) is 0 Å². The molecule has 15 heavy (non-hydrogen) atoms. The Bertz CT molecular complexity index is 511. The van der Waals surface area contributed by atoms with E-state index in [2.05, 4.69) is 17.3 Å². The molecule has 3 heteroatoms. The summed E-state index contributed by atoms with van der Waals surface area (Å²) in [6.07, 6.45) is 0.723. The summed E-state index contributed by atoms with van der Waals surface area (Å²) in [5.41, 5.74) is 2.84. The van der Waals surface area contributed by atoms with Gasteiger partial charge in [-0.15, -0.1) is 0 Å². The summed E-state index contributed by atoms with van der Waals surface area (Å²) in [6, 6.07) is 10.2. The van der Waals surface area contributed by atoms with Gasteiger partial charge in [0.1, 0.15) is 5.71 Å². The van der Waals surface area contributed by atoms with Crippen LogP contribution in [0.3, 0.4) is 0 Å². The molecule has 0 radical (unpaired) electrons. The zero-order valence-electron chi connectivity index (χ0n) is 8.94. The van der Waals surface area contributed by atoms with Gasteiger partial charge in [-0.05, 0) is 18.6 Å². The van der Waals surface area contributed by atoms with Crippen molar-refractivity contribution in [3.8, 4) is 0 Å². The Hall–Kier alpha value is -1.77. The van der Waals surface area contributed by atoms with Crippen molar-refractivity contribution in [2.45, 2.75) is 13.3 Å². The van der Waals surface area contributed by atoms with Gasteiger partial charge in [0.2, 0.25) is 0 Å². The van der Waals surface area contributed by atoms with Gasteiger partial charge >= 0.3 is 0 Å². The quantitative estimate of drug-likeness (QED) is 0.454. The molecule has 0 unspecified atom stereocenters. The number of benzene rings is 1. The van der Waals surface area contributed by atoms with Gasteiger partial charge in [-0.2, -0.15) is 0 Å². The van der Waals surface area contributed by atoms with E-state index in [1.807, 2.05) is 36.7 Å². The maximum absolute atomic E-state index is 8.90. The van der Waals surface area contributed by atoms with Crippen molar-refractivity contribution in [3.63, 3.8) is 0 Å². The van der Waals surface area contributed by atoms with Crippen LogP contribution in [-0.2, 0) is 7.05 Å². The molecule has 0 aliphatic heterocycles. The molecule has 0 atom stereocenters. The number of aromatic nitrogens is 1. The molecule has 0 aliphatic rings. The Labute approximate surface area is 88.6 Å². The number of fused-ring (bicyclic) bond motifs is 1. The smallest absolute Gasteiger partial charge is 0.103 e. The highest BCUT2D eigenvalue weighted by Crippen LogP contribution is 2.19. The molecule has 1 aromatic heterocycles. The highest BCUT2D eigenvalue weighted by Gasteiger charge is 2.09. The normalized spacial score (nSPS) is 12.3. The van der Waals surface area contributed by atoms with Gasteiger partial charge in [0.05, 0.1) is 5.69 Å². The first-order valence-electron chi connectivity index (χ1n) is 5.03. The van der Waals surface area contributed by atoms with Crippen LogP contribution in [0.25, 0.3) is 10.9 Å². The molecule has 1 N–H and O–H groups in total. The van der Waals surface area contributed by atoms with Crippen LogP contribution in [0, 0.1) is 0 Å². The molecule has 1 aromatic carbocycles. The van der Waals surface area contributed by atoms with Crippen molar-refractivity contribution in [1.29, 1.82) is 0 Å². The van der Waals surface area contributed by atoms with E-state index in [4.69, 9.17) is 5.21 Å². The van der Waals surface area contributed by atoms with Gasteiger partial charge in [0.25, 0.3) is 0 Å². The second kappa shape index (κ2) is 3.77. The van der Waals surface area contributed by atoms with Crippen LogP contribution < -0.4 is 0 Å². The lowest BCUT2D eigenvalue weighted by Crippen LogP contribution is -2.05. The maximum Gasteiger partial charge on any atom is 0.103 e. The van der Waals surface area contributed by atoms with Crippen LogP contribution >= 0.6 is 0 Å². The monoisotopic (exact) mass is 202 g/mol. The Morgan fingerprint density at radius 3 is 2.73 bits per heavy atom. The van der Waals surface area contributed by atoms with Gasteiger partial charge in [-0.3, -0.25) is 0 Å². The molecule has 0 fully saturated rings. The van der Waals surface area contributed by atoms with Gasteiger partial charge in [0.15, 0.2) is 0 Å². The SMILES string of the molecule is CC/C(=N\O)c1cc2ccccc2n1C. The van der Waals surface area contributed by atoms with Crippen molar-refractivity contribution in [3.05, 3.63) is 36.0 Å². The van der Waals surface area contributed by atoms with Crippen molar-refractivity contribution < 1.29 is 5.21 Å². The molecule has 1 heterocycles. The minimum atomic E-state index is 0.716. The number of rotatable bonds is 2. The zero-order chi connectivity index (χ0) is 10.8. The van der Waals surface area contributed by atoms with Gasteiger partial charge in [0, 0.05) is 18.0 Å². The van der Waals surface area contributed by atoms with Crippen LogP contribution in [-0.4, -0.2) is 15.5 Å². The van der Waals surface area contributed by atoms with E-state index < -0.39 is 0 Å². The summed E-state index contributed by atoms with van der Waals surface area (Å²) < 4.78 is 2.05. The van der Waals surface area contributed by atoms with Crippen LogP contribution in [0.5, 0.6) is 0 Å². The second-order valence-corrected chi connectivity index (χ2v) is 3.55. The first kappa shape index (κ1) is 9.77. The summed E-state index contributed by atoms with van der Waals surface area (Å²) in [4.78, 5) is 0. The molecule has 0 aliphatic carbocycles. The fraction of sp³-hybridized carbons (Fsp3) is 0.250. The molecule has 0 saturated heterocycles. The fourth-order valence-corrected chi connectivity index (χ4v) is 1.87. The molecule has 2 rings (SSSR count). The fourth-order valence-electron chi connectivity index (χ4n) is 1.87. The van der Waals surface area contributed by atoms with E-state index in [9.17, 15) is 0 Å². The first-order valence-corrected chi connectivity index (χ1v) is 5.03. The lowest BCUT2D eigenvalue weighted by molar-refractivity contribution is 0.318. The van der Waals surface area contributed by atoms with Gasteiger partial charge < -0.3 is 9.77 Å². The minimum Gasteiger partial charge on any atom is -0.411 e. The first-order chi connectivity index (χ1) is 7.27. The third-order valence-corrected chi connectivity index (χ3v) is 2.70. The number of hydrogen-bond donors (Lipinski definition) is 1. The van der Waals surface area contributed by atoms with Crippen molar-refractivity contribution >= 4 is 16.6 Å². The standard InChI is InChI=1S/C12H14N2O/c1-3-10(13-15)12-8-9-6-4-5-7-11(9)14(12)2/h4-8,15H,3H2,1-2H3/b13-10+. The average molecular weight is 202 g/mol. The lowest BCUT2D eigenvalue weighted by Gasteiger charge is -2.03. The number of oxime groups is 1. The minimum absolute atomic E-state index is 0.716. The van der Waals surface area contributed by atoms with E-state index in [0.717, 1.165) is 17.6 Å². The van der Waals surface area contributed by atoms with E-state index in [0.29, 0.717) is 5.71 Å². The molecule has 2 aromatic rings. The number of para-hydroxylation sites is 1. The predicted molar refractivity (Wildman–Crippen MR) is 61.5 cm³/mol. The van der Waals surface area contributed by atoms with Crippen LogP contribution in [0.15, 0.2) is 35.5 Å². The van der Waals surface area contributed by atoms with E-state index in [-0.39, 0.29) is 0 Å². The van der Waals surface area contributed by atoms with Gasteiger partial charge in [-0.25, -0.2) is 0 Å². The summed E-state index contributed by atoms with van der Waals surface area (Å²) in [5, 5.41) is 13.4. The summed E-state index contributed by atoms with van der Waals surface area (Å²) in [7, 11) is 1.98. The number of hydrogen-bond acceptors (Lipinski definition) is 2. The van der Waals surface area contributed by atoms with Crippen molar-refractivity contribution in [2.24, 2.45) is 12.2 Å². The third kappa shape index (κ3) is 1.50. The number of aryl methyl sites for hydroxylation is 1. The Kier molecular flexibility index (Phi) is 2.46. The zero-order valence-corrected chi connectivity index (χ0v) is 8.94. The van der Waals surface area contributed by atoms with Crippen LogP contribution in [0.1, 0.15) is 19.0 Å². The van der Waals surface area contributed by atoms with Crippen molar-refractivity contribution in [1.82, 2.24) is 4.57 Å². The average Bonchev–Trinajstić information content (AvgIpc) is 2.60. The Balaban J connectivity index is 2.68. The van der Waals surface area contributed by atoms with E-state index >= 15 is 0 Å². The molecule has 0 spiro atoms. The Morgan fingerprint density at radius 1 is 1.40 bits per heavy atom. The lowest BCUT2D eigenvalue weighted by atomic mass is 10.2. The molecule has 3 nitrogen and oxygen atoms in total.